The van der Waals surface area contributed by atoms with E-state index in [4.69, 9.17) is 5.11 Å². The lowest BCUT2D eigenvalue weighted by Gasteiger charge is -2.09. The van der Waals surface area contributed by atoms with Crippen LogP contribution >= 0.6 is 0 Å². The van der Waals surface area contributed by atoms with Crippen LogP contribution in [0.25, 0.3) is 11.1 Å². The zero-order valence-electron chi connectivity index (χ0n) is 9.68. The molecule has 0 fully saturated rings. The van der Waals surface area contributed by atoms with Crippen molar-refractivity contribution in [1.29, 1.82) is 0 Å². The van der Waals surface area contributed by atoms with Gasteiger partial charge in [0, 0.05) is 0 Å². The summed E-state index contributed by atoms with van der Waals surface area (Å²) in [7, 11) is 0. The van der Waals surface area contributed by atoms with Crippen molar-refractivity contribution in [2.24, 2.45) is 0 Å². The molecule has 0 atom stereocenters. The van der Waals surface area contributed by atoms with E-state index in [9.17, 15) is 4.79 Å². The summed E-state index contributed by atoms with van der Waals surface area (Å²) in [4.78, 5) is 10.9. The molecule has 0 aromatic heterocycles. The summed E-state index contributed by atoms with van der Waals surface area (Å²) >= 11 is 0. The van der Waals surface area contributed by atoms with Crippen LogP contribution in [-0.2, 0) is 6.42 Å². The van der Waals surface area contributed by atoms with Gasteiger partial charge in [-0.15, -0.1) is 0 Å². The van der Waals surface area contributed by atoms with Crippen molar-refractivity contribution < 1.29 is 9.90 Å². The highest BCUT2D eigenvalue weighted by atomic mass is 16.4. The van der Waals surface area contributed by atoms with E-state index in [0.29, 0.717) is 5.56 Å². The smallest absolute Gasteiger partial charge is 0.335 e. The SMILES string of the molecule is CCc1cc(C(=O)O)ccc1-c1ccccc1. The fraction of sp³-hybridized carbons (Fsp3) is 0.133. The molecule has 2 heteroatoms. The summed E-state index contributed by atoms with van der Waals surface area (Å²) in [6.07, 6.45) is 0.825. The minimum atomic E-state index is -0.876. The van der Waals surface area contributed by atoms with E-state index >= 15 is 0 Å². The second kappa shape index (κ2) is 4.83. The van der Waals surface area contributed by atoms with Gasteiger partial charge in [-0.05, 0) is 35.2 Å². The van der Waals surface area contributed by atoms with Crippen molar-refractivity contribution in [1.82, 2.24) is 0 Å². The standard InChI is InChI=1S/C15H14O2/c1-2-11-10-13(15(16)17)8-9-14(11)12-6-4-3-5-7-12/h3-10H,2H2,1H3,(H,16,17). The molecule has 2 rings (SSSR count). The Hall–Kier alpha value is -2.09. The molecule has 0 aliphatic carbocycles. The van der Waals surface area contributed by atoms with Crippen LogP contribution in [0.15, 0.2) is 48.5 Å². The molecule has 0 saturated carbocycles. The first-order chi connectivity index (χ1) is 8.22. The molecule has 0 aliphatic heterocycles. The maximum atomic E-state index is 10.9. The van der Waals surface area contributed by atoms with Gasteiger partial charge < -0.3 is 5.11 Å². The first kappa shape index (κ1) is 11.4. The van der Waals surface area contributed by atoms with E-state index in [1.165, 1.54) is 0 Å². The summed E-state index contributed by atoms with van der Waals surface area (Å²) in [6.45, 7) is 2.04. The molecule has 86 valence electrons. The van der Waals surface area contributed by atoms with Crippen LogP contribution in [0.1, 0.15) is 22.8 Å². The van der Waals surface area contributed by atoms with Gasteiger partial charge in [-0.25, -0.2) is 4.79 Å². The van der Waals surface area contributed by atoms with Gasteiger partial charge in [0.05, 0.1) is 5.56 Å². The molecule has 0 saturated heterocycles. The lowest BCUT2D eigenvalue weighted by Crippen LogP contribution is -1.98. The molecule has 0 radical (unpaired) electrons. The van der Waals surface area contributed by atoms with E-state index in [1.807, 2.05) is 43.3 Å². The Morgan fingerprint density at radius 2 is 1.82 bits per heavy atom. The molecule has 2 aromatic carbocycles. The van der Waals surface area contributed by atoms with Crippen molar-refractivity contribution in [2.75, 3.05) is 0 Å². The molecule has 0 amide bonds. The van der Waals surface area contributed by atoms with Crippen LogP contribution in [0.2, 0.25) is 0 Å². The molecule has 0 aliphatic rings. The number of carboxylic acids is 1. The lowest BCUT2D eigenvalue weighted by atomic mass is 9.96. The number of aromatic carboxylic acids is 1. The minimum absolute atomic E-state index is 0.349. The second-order valence-corrected chi connectivity index (χ2v) is 3.90. The quantitative estimate of drug-likeness (QED) is 0.868. The number of benzene rings is 2. The van der Waals surface area contributed by atoms with Crippen molar-refractivity contribution in [3.63, 3.8) is 0 Å². The highest BCUT2D eigenvalue weighted by Gasteiger charge is 2.08. The van der Waals surface area contributed by atoms with Gasteiger partial charge in [0.2, 0.25) is 0 Å². The lowest BCUT2D eigenvalue weighted by molar-refractivity contribution is 0.0697. The van der Waals surface area contributed by atoms with E-state index in [0.717, 1.165) is 23.1 Å². The Labute approximate surface area is 101 Å². The number of hydrogen-bond acceptors (Lipinski definition) is 1. The van der Waals surface area contributed by atoms with Gasteiger partial charge in [-0.1, -0.05) is 43.3 Å². The number of carboxylic acid groups (broad SMARTS) is 1. The summed E-state index contributed by atoms with van der Waals surface area (Å²) in [5.74, 6) is -0.876. The molecule has 2 aromatic rings. The minimum Gasteiger partial charge on any atom is -0.478 e. The van der Waals surface area contributed by atoms with Crippen LogP contribution in [0, 0.1) is 0 Å². The highest BCUT2D eigenvalue weighted by Crippen LogP contribution is 2.25. The molecule has 0 heterocycles. The molecule has 0 unspecified atom stereocenters. The van der Waals surface area contributed by atoms with Crippen LogP contribution in [0.3, 0.4) is 0 Å². The number of carbonyl (C=O) groups is 1. The van der Waals surface area contributed by atoms with Crippen molar-refractivity contribution in [3.05, 3.63) is 59.7 Å². The fourth-order valence-electron chi connectivity index (χ4n) is 1.92. The Morgan fingerprint density at radius 1 is 1.12 bits per heavy atom. The summed E-state index contributed by atoms with van der Waals surface area (Å²) < 4.78 is 0. The monoisotopic (exact) mass is 226 g/mol. The van der Waals surface area contributed by atoms with E-state index in [2.05, 4.69) is 0 Å². The molecule has 0 spiro atoms. The summed E-state index contributed by atoms with van der Waals surface area (Å²) in [5, 5.41) is 8.97. The van der Waals surface area contributed by atoms with Gasteiger partial charge in [0.25, 0.3) is 0 Å². The van der Waals surface area contributed by atoms with Crippen molar-refractivity contribution in [3.8, 4) is 11.1 Å². The van der Waals surface area contributed by atoms with Crippen molar-refractivity contribution >= 4 is 5.97 Å². The summed E-state index contributed by atoms with van der Waals surface area (Å²) in [5.41, 5.74) is 3.65. The molecule has 17 heavy (non-hydrogen) atoms. The Bertz CT molecular complexity index is 530. The average molecular weight is 226 g/mol. The van der Waals surface area contributed by atoms with Gasteiger partial charge in [0.1, 0.15) is 0 Å². The zero-order chi connectivity index (χ0) is 12.3. The second-order valence-electron chi connectivity index (χ2n) is 3.90. The number of rotatable bonds is 3. The Balaban J connectivity index is 2.52. The highest BCUT2D eigenvalue weighted by molar-refractivity contribution is 5.89. The van der Waals surface area contributed by atoms with E-state index < -0.39 is 5.97 Å². The Morgan fingerprint density at radius 3 is 2.41 bits per heavy atom. The number of aryl methyl sites for hydroxylation is 1. The summed E-state index contributed by atoms with van der Waals surface area (Å²) in [6, 6.07) is 15.3. The molecular formula is C15H14O2. The number of hydrogen-bond donors (Lipinski definition) is 1. The topological polar surface area (TPSA) is 37.3 Å². The maximum absolute atomic E-state index is 10.9. The van der Waals surface area contributed by atoms with Crippen LogP contribution in [0.5, 0.6) is 0 Å². The van der Waals surface area contributed by atoms with E-state index in [-0.39, 0.29) is 0 Å². The van der Waals surface area contributed by atoms with Crippen LogP contribution in [0.4, 0.5) is 0 Å². The molecule has 0 bridgehead atoms. The Kier molecular flexibility index (Phi) is 3.24. The first-order valence-electron chi connectivity index (χ1n) is 5.64. The fourth-order valence-corrected chi connectivity index (χ4v) is 1.92. The predicted octanol–water partition coefficient (Wildman–Crippen LogP) is 3.61. The van der Waals surface area contributed by atoms with Gasteiger partial charge in [-0.2, -0.15) is 0 Å². The molecule has 2 nitrogen and oxygen atoms in total. The van der Waals surface area contributed by atoms with Crippen LogP contribution in [-0.4, -0.2) is 11.1 Å². The zero-order valence-corrected chi connectivity index (χ0v) is 9.68. The first-order valence-corrected chi connectivity index (χ1v) is 5.64. The van der Waals surface area contributed by atoms with Crippen LogP contribution < -0.4 is 0 Å². The predicted molar refractivity (Wildman–Crippen MR) is 68.2 cm³/mol. The van der Waals surface area contributed by atoms with Crippen molar-refractivity contribution in [2.45, 2.75) is 13.3 Å². The third-order valence-electron chi connectivity index (χ3n) is 2.82. The largest absolute Gasteiger partial charge is 0.478 e. The van der Waals surface area contributed by atoms with Gasteiger partial charge in [-0.3, -0.25) is 0 Å². The maximum Gasteiger partial charge on any atom is 0.335 e. The molecular weight excluding hydrogens is 212 g/mol. The third kappa shape index (κ3) is 2.36. The average Bonchev–Trinajstić information content (AvgIpc) is 2.39. The molecule has 1 N–H and O–H groups in total. The van der Waals surface area contributed by atoms with Gasteiger partial charge in [0.15, 0.2) is 0 Å². The van der Waals surface area contributed by atoms with Gasteiger partial charge >= 0.3 is 5.97 Å². The normalized spacial score (nSPS) is 10.2. The van der Waals surface area contributed by atoms with E-state index in [1.54, 1.807) is 12.1 Å². The third-order valence-corrected chi connectivity index (χ3v) is 2.82.